The lowest BCUT2D eigenvalue weighted by atomic mass is 10.2. The zero-order valence-corrected chi connectivity index (χ0v) is 11.1. The summed E-state index contributed by atoms with van der Waals surface area (Å²) in [5.41, 5.74) is 0.807. The van der Waals surface area contributed by atoms with E-state index in [4.69, 9.17) is 11.6 Å². The first-order valence-electron chi connectivity index (χ1n) is 6.18. The van der Waals surface area contributed by atoms with Crippen LogP contribution in [0.25, 0.3) is 5.65 Å². The van der Waals surface area contributed by atoms with Crippen molar-refractivity contribution in [2.24, 2.45) is 0 Å². The van der Waals surface area contributed by atoms with Gasteiger partial charge in [0, 0.05) is 18.8 Å². The minimum Gasteiger partial charge on any atom is -0.351 e. The lowest BCUT2D eigenvalue weighted by Gasteiger charge is -2.18. The van der Waals surface area contributed by atoms with Crippen LogP contribution in [-0.4, -0.2) is 45.7 Å². The Bertz CT molecular complexity index is 552. The van der Waals surface area contributed by atoms with Gasteiger partial charge in [-0.2, -0.15) is 4.98 Å². The highest BCUT2D eigenvalue weighted by molar-refractivity contribution is 6.30. The molecule has 2 aromatic heterocycles. The lowest BCUT2D eigenvalue weighted by Crippen LogP contribution is -2.31. The first kappa shape index (κ1) is 11.7. The second-order valence-electron chi connectivity index (χ2n) is 4.74. The Morgan fingerprint density at radius 2 is 2.39 bits per heavy atom. The molecule has 6 heteroatoms. The third-order valence-electron chi connectivity index (χ3n) is 3.46. The summed E-state index contributed by atoms with van der Waals surface area (Å²) < 4.78 is 1.70. The van der Waals surface area contributed by atoms with Crippen molar-refractivity contribution in [3.8, 4) is 0 Å². The second-order valence-corrected chi connectivity index (χ2v) is 5.18. The van der Waals surface area contributed by atoms with Crippen LogP contribution in [0.3, 0.4) is 0 Å². The van der Waals surface area contributed by atoms with Crippen LogP contribution in [0.2, 0.25) is 5.02 Å². The van der Waals surface area contributed by atoms with E-state index in [1.165, 1.54) is 19.4 Å². The van der Waals surface area contributed by atoms with Gasteiger partial charge in [0.1, 0.15) is 0 Å². The minimum atomic E-state index is 0.584. The number of hydrogen-bond donors (Lipinski definition) is 1. The predicted octanol–water partition coefficient (Wildman–Crippen LogP) is 1.89. The number of hydrogen-bond acceptors (Lipinski definition) is 4. The number of fused-ring (bicyclic) bond motifs is 1. The summed E-state index contributed by atoms with van der Waals surface area (Å²) in [5.74, 6) is 0.664. The van der Waals surface area contributed by atoms with Gasteiger partial charge < -0.3 is 10.2 Å². The van der Waals surface area contributed by atoms with Gasteiger partial charge in [-0.15, -0.1) is 5.10 Å². The number of rotatable bonds is 3. The molecule has 1 fully saturated rings. The average molecular weight is 266 g/mol. The summed E-state index contributed by atoms with van der Waals surface area (Å²) in [6.45, 7) is 2.07. The van der Waals surface area contributed by atoms with Crippen LogP contribution < -0.4 is 5.32 Å². The van der Waals surface area contributed by atoms with Crippen molar-refractivity contribution in [2.45, 2.75) is 18.9 Å². The number of nitrogens with one attached hydrogen (secondary N) is 1. The maximum absolute atomic E-state index is 5.91. The molecular weight excluding hydrogens is 250 g/mol. The summed E-state index contributed by atoms with van der Waals surface area (Å²) in [4.78, 5) is 6.78. The maximum atomic E-state index is 5.91. The molecule has 0 spiro atoms. The molecule has 18 heavy (non-hydrogen) atoms. The van der Waals surface area contributed by atoms with E-state index in [1.807, 2.05) is 12.1 Å². The molecule has 1 aliphatic rings. The SMILES string of the molecule is CN1CCCC1CNc1nc2ccc(Cl)cn2n1. The summed E-state index contributed by atoms with van der Waals surface area (Å²) in [5, 5.41) is 8.31. The molecule has 1 N–H and O–H groups in total. The van der Waals surface area contributed by atoms with Crippen molar-refractivity contribution in [2.75, 3.05) is 25.5 Å². The molecule has 96 valence electrons. The molecule has 0 amide bonds. The van der Waals surface area contributed by atoms with Gasteiger partial charge in [0.25, 0.3) is 0 Å². The topological polar surface area (TPSA) is 45.5 Å². The molecular formula is C12H16ClN5. The van der Waals surface area contributed by atoms with Gasteiger partial charge in [-0.05, 0) is 38.6 Å². The van der Waals surface area contributed by atoms with Crippen molar-refractivity contribution in [1.29, 1.82) is 0 Å². The smallest absolute Gasteiger partial charge is 0.243 e. The highest BCUT2D eigenvalue weighted by Crippen LogP contribution is 2.16. The van der Waals surface area contributed by atoms with Crippen LogP contribution in [0, 0.1) is 0 Å². The third kappa shape index (κ3) is 2.28. The quantitative estimate of drug-likeness (QED) is 0.921. The Labute approximate surface area is 111 Å². The lowest BCUT2D eigenvalue weighted by molar-refractivity contribution is 0.322. The molecule has 3 rings (SSSR count). The number of halogens is 1. The summed E-state index contributed by atoms with van der Waals surface area (Å²) >= 11 is 5.91. The van der Waals surface area contributed by atoms with Gasteiger partial charge in [0.2, 0.25) is 5.95 Å². The van der Waals surface area contributed by atoms with E-state index >= 15 is 0 Å². The van der Waals surface area contributed by atoms with Crippen LogP contribution in [0.5, 0.6) is 0 Å². The predicted molar refractivity (Wildman–Crippen MR) is 72.1 cm³/mol. The van der Waals surface area contributed by atoms with Gasteiger partial charge in [-0.3, -0.25) is 0 Å². The van der Waals surface area contributed by atoms with E-state index in [9.17, 15) is 0 Å². The Balaban J connectivity index is 1.71. The number of anilines is 1. The molecule has 0 aliphatic carbocycles. The van der Waals surface area contributed by atoms with Crippen molar-refractivity contribution >= 4 is 23.2 Å². The fourth-order valence-corrected chi connectivity index (χ4v) is 2.53. The van der Waals surface area contributed by atoms with Crippen LogP contribution in [-0.2, 0) is 0 Å². The van der Waals surface area contributed by atoms with E-state index in [0.29, 0.717) is 17.0 Å². The zero-order chi connectivity index (χ0) is 12.5. The van der Waals surface area contributed by atoms with Gasteiger partial charge in [0.05, 0.1) is 5.02 Å². The van der Waals surface area contributed by atoms with E-state index < -0.39 is 0 Å². The third-order valence-corrected chi connectivity index (χ3v) is 3.69. The number of likely N-dealkylation sites (N-methyl/N-ethyl adjacent to an activating group) is 1. The molecule has 0 aromatic carbocycles. The van der Waals surface area contributed by atoms with Crippen LogP contribution in [0.15, 0.2) is 18.3 Å². The summed E-state index contributed by atoms with van der Waals surface area (Å²) in [6, 6.07) is 4.27. The van der Waals surface area contributed by atoms with Gasteiger partial charge in [-0.25, -0.2) is 4.52 Å². The molecule has 1 saturated heterocycles. The van der Waals surface area contributed by atoms with Crippen LogP contribution >= 0.6 is 11.6 Å². The minimum absolute atomic E-state index is 0.584. The monoisotopic (exact) mass is 265 g/mol. The summed E-state index contributed by atoms with van der Waals surface area (Å²) in [6.07, 6.45) is 4.27. The largest absolute Gasteiger partial charge is 0.351 e. The van der Waals surface area contributed by atoms with E-state index in [2.05, 4.69) is 27.3 Å². The van der Waals surface area contributed by atoms with Gasteiger partial charge in [0.15, 0.2) is 5.65 Å². The van der Waals surface area contributed by atoms with Crippen LogP contribution in [0.1, 0.15) is 12.8 Å². The Morgan fingerprint density at radius 1 is 1.50 bits per heavy atom. The van der Waals surface area contributed by atoms with Crippen molar-refractivity contribution in [1.82, 2.24) is 19.5 Å². The standard InChI is InChI=1S/C12H16ClN5/c1-17-6-2-3-10(17)7-14-12-15-11-5-4-9(13)8-18(11)16-12/h4-5,8,10H,2-3,6-7H2,1H3,(H,14,16). The fourth-order valence-electron chi connectivity index (χ4n) is 2.38. The van der Waals surface area contributed by atoms with Gasteiger partial charge >= 0.3 is 0 Å². The molecule has 0 radical (unpaired) electrons. The summed E-state index contributed by atoms with van der Waals surface area (Å²) in [7, 11) is 2.16. The molecule has 1 unspecified atom stereocenters. The zero-order valence-electron chi connectivity index (χ0n) is 10.3. The van der Waals surface area contributed by atoms with Crippen LogP contribution in [0.4, 0.5) is 5.95 Å². The van der Waals surface area contributed by atoms with Crippen molar-refractivity contribution < 1.29 is 0 Å². The fraction of sp³-hybridized carbons (Fsp3) is 0.500. The molecule has 0 bridgehead atoms. The molecule has 0 saturated carbocycles. The van der Waals surface area contributed by atoms with Crippen molar-refractivity contribution in [3.05, 3.63) is 23.4 Å². The molecule has 1 atom stereocenters. The Hall–Kier alpha value is -1.33. The molecule has 1 aliphatic heterocycles. The average Bonchev–Trinajstić information content (AvgIpc) is 2.92. The van der Waals surface area contributed by atoms with Crippen molar-refractivity contribution in [3.63, 3.8) is 0 Å². The highest BCUT2D eigenvalue weighted by atomic mass is 35.5. The van der Waals surface area contributed by atoms with Gasteiger partial charge in [-0.1, -0.05) is 11.6 Å². The molecule has 5 nitrogen and oxygen atoms in total. The molecule has 2 aromatic rings. The number of aromatic nitrogens is 3. The first-order chi connectivity index (χ1) is 8.72. The maximum Gasteiger partial charge on any atom is 0.243 e. The van der Waals surface area contributed by atoms with E-state index in [1.54, 1.807) is 10.7 Å². The van der Waals surface area contributed by atoms with E-state index in [0.717, 1.165) is 12.2 Å². The Kier molecular flexibility index (Phi) is 3.09. The number of likely N-dealkylation sites (tertiary alicyclic amines) is 1. The normalized spacial score (nSPS) is 20.7. The highest BCUT2D eigenvalue weighted by Gasteiger charge is 2.20. The van der Waals surface area contributed by atoms with E-state index in [-0.39, 0.29) is 0 Å². The Morgan fingerprint density at radius 3 is 3.17 bits per heavy atom. The molecule has 3 heterocycles. The number of nitrogens with zero attached hydrogens (tertiary/aromatic N) is 4. The first-order valence-corrected chi connectivity index (χ1v) is 6.56. The number of pyridine rings is 1. The second kappa shape index (κ2) is 4.74.